The van der Waals surface area contributed by atoms with Gasteiger partial charge in [0.2, 0.25) is 0 Å². The van der Waals surface area contributed by atoms with Crippen LogP contribution >= 0.6 is 0 Å². The van der Waals surface area contributed by atoms with E-state index in [1.54, 1.807) is 22.3 Å². The van der Waals surface area contributed by atoms with Gasteiger partial charge in [-0.1, -0.05) is 73.1 Å². The zero-order valence-corrected chi connectivity index (χ0v) is 16.1. The smallest absolute Gasteiger partial charge is 0.00549 e. The molecule has 3 aliphatic rings. The minimum atomic E-state index is 1.03. The Kier molecular flexibility index (Phi) is 4.57. The molecule has 0 unspecified atom stereocenters. The summed E-state index contributed by atoms with van der Waals surface area (Å²) >= 11 is 0. The molecule has 0 N–H and O–H groups in total. The highest BCUT2D eigenvalue weighted by Gasteiger charge is 2.23. The van der Waals surface area contributed by atoms with E-state index in [-0.39, 0.29) is 0 Å². The molecule has 3 aliphatic carbocycles. The molecule has 0 heterocycles. The van der Waals surface area contributed by atoms with Gasteiger partial charge in [0.25, 0.3) is 0 Å². The first kappa shape index (κ1) is 16.8. The van der Waals surface area contributed by atoms with Crippen LogP contribution < -0.4 is 0 Å². The number of benzene rings is 2. The van der Waals surface area contributed by atoms with E-state index in [0.29, 0.717) is 0 Å². The van der Waals surface area contributed by atoms with Crippen molar-refractivity contribution in [1.82, 2.24) is 0 Å². The summed E-state index contributed by atoms with van der Waals surface area (Å²) in [4.78, 5) is 0. The lowest BCUT2D eigenvalue weighted by atomic mass is 9.90. The van der Waals surface area contributed by atoms with Crippen LogP contribution in [-0.4, -0.2) is 0 Å². The summed E-state index contributed by atoms with van der Waals surface area (Å²) in [6.45, 7) is 0. The first-order valence-electron chi connectivity index (χ1n) is 10.7. The van der Waals surface area contributed by atoms with E-state index in [0.717, 1.165) is 12.8 Å². The molecular weight excluding hydrogens is 324 g/mol. The molecule has 2 aromatic rings. The normalized spacial score (nSPS) is 18.4. The highest BCUT2D eigenvalue weighted by Crippen LogP contribution is 2.41. The van der Waals surface area contributed by atoms with Crippen molar-refractivity contribution in [3.63, 3.8) is 0 Å². The van der Waals surface area contributed by atoms with Gasteiger partial charge in [0.05, 0.1) is 0 Å². The topological polar surface area (TPSA) is 0 Å². The maximum absolute atomic E-state index is 2.36. The summed E-state index contributed by atoms with van der Waals surface area (Å²) in [6, 6.07) is 13.8. The first-order valence-corrected chi connectivity index (χ1v) is 10.7. The average Bonchev–Trinajstić information content (AvgIpc) is 3.26. The zero-order chi connectivity index (χ0) is 18.1. The zero-order valence-electron chi connectivity index (χ0n) is 16.1. The number of hydrogen-bond acceptors (Lipinski definition) is 0. The molecule has 0 saturated carbocycles. The van der Waals surface area contributed by atoms with Crippen LogP contribution in [0.2, 0.25) is 0 Å². The second-order valence-corrected chi connectivity index (χ2v) is 8.30. The van der Waals surface area contributed by atoms with Crippen molar-refractivity contribution in [3.8, 4) is 0 Å². The Morgan fingerprint density at radius 1 is 0.889 bits per heavy atom. The van der Waals surface area contributed by atoms with Crippen molar-refractivity contribution in [2.45, 2.75) is 57.8 Å². The van der Waals surface area contributed by atoms with Crippen molar-refractivity contribution >= 4 is 17.7 Å². The number of rotatable bonds is 3. The molecule has 0 spiro atoms. The van der Waals surface area contributed by atoms with E-state index in [4.69, 9.17) is 0 Å². The second-order valence-electron chi connectivity index (χ2n) is 8.30. The van der Waals surface area contributed by atoms with Gasteiger partial charge >= 0.3 is 0 Å². The first-order chi connectivity index (χ1) is 13.4. The fraction of sp³-hybridized carbons (Fsp3) is 0.333. The van der Waals surface area contributed by atoms with Gasteiger partial charge in [-0.25, -0.2) is 0 Å². The Bertz CT molecular complexity index is 952. The van der Waals surface area contributed by atoms with E-state index in [1.165, 1.54) is 67.2 Å². The van der Waals surface area contributed by atoms with Gasteiger partial charge in [0.15, 0.2) is 0 Å². The third kappa shape index (κ3) is 3.34. The third-order valence-electron chi connectivity index (χ3n) is 6.48. The van der Waals surface area contributed by atoms with Crippen molar-refractivity contribution < 1.29 is 0 Å². The van der Waals surface area contributed by atoms with Gasteiger partial charge in [0, 0.05) is 0 Å². The number of hydrogen-bond donors (Lipinski definition) is 0. The van der Waals surface area contributed by atoms with Crippen molar-refractivity contribution in [1.29, 1.82) is 0 Å². The predicted octanol–water partition coefficient (Wildman–Crippen LogP) is 7.18. The summed E-state index contributed by atoms with van der Waals surface area (Å²) < 4.78 is 0. The standard InChI is InChI=1S/C27H28/c1-2-4-15-26-24(9-3-1)19-25-14-7-12-22(27(25)26)11-5-8-20-16-17-21-10-6-13-23(21)18-20/h5-8,12-14,16-18H,1-4,9-11,15,19H2/b8-5+. The largest absolute Gasteiger partial charge is 0.0795 e. The van der Waals surface area contributed by atoms with Crippen LogP contribution in [-0.2, 0) is 19.3 Å². The Morgan fingerprint density at radius 3 is 2.78 bits per heavy atom. The maximum Gasteiger partial charge on any atom is -0.00549 e. The molecule has 0 bridgehead atoms. The molecule has 0 atom stereocenters. The van der Waals surface area contributed by atoms with Gasteiger partial charge in [-0.3, -0.25) is 0 Å². The lowest BCUT2D eigenvalue weighted by molar-refractivity contribution is 0.630. The molecule has 2 aromatic carbocycles. The number of allylic oxidation sites excluding steroid dienone is 4. The lowest BCUT2D eigenvalue weighted by Crippen LogP contribution is -1.95. The Labute approximate surface area is 163 Å². The molecule has 0 saturated heterocycles. The minimum absolute atomic E-state index is 1.03. The van der Waals surface area contributed by atoms with Gasteiger partial charge in [-0.2, -0.15) is 0 Å². The molecular formula is C27H28. The van der Waals surface area contributed by atoms with Crippen LogP contribution in [0.1, 0.15) is 71.9 Å². The van der Waals surface area contributed by atoms with Crippen LogP contribution in [0.5, 0.6) is 0 Å². The van der Waals surface area contributed by atoms with E-state index < -0.39 is 0 Å². The molecule has 0 aliphatic heterocycles. The molecule has 0 fully saturated rings. The second kappa shape index (κ2) is 7.35. The Balaban J connectivity index is 1.39. The highest BCUT2D eigenvalue weighted by atomic mass is 14.3. The monoisotopic (exact) mass is 352 g/mol. The van der Waals surface area contributed by atoms with Crippen molar-refractivity contribution in [2.75, 3.05) is 0 Å². The summed E-state index contributed by atoms with van der Waals surface area (Å²) in [5, 5.41) is 0. The minimum Gasteiger partial charge on any atom is -0.0795 e. The number of fused-ring (bicyclic) bond motifs is 3. The molecule has 136 valence electrons. The lowest BCUT2D eigenvalue weighted by Gasteiger charge is -2.15. The van der Waals surface area contributed by atoms with E-state index in [9.17, 15) is 0 Å². The van der Waals surface area contributed by atoms with Gasteiger partial charge in [-0.15, -0.1) is 0 Å². The summed E-state index contributed by atoms with van der Waals surface area (Å²) in [5.74, 6) is 0. The summed E-state index contributed by atoms with van der Waals surface area (Å²) in [6.07, 6.45) is 20.7. The van der Waals surface area contributed by atoms with Crippen LogP contribution in [0.25, 0.3) is 17.7 Å². The molecule has 0 aromatic heterocycles. The quantitative estimate of drug-likeness (QED) is 0.549. The average molecular weight is 353 g/mol. The van der Waals surface area contributed by atoms with Crippen LogP contribution in [0.4, 0.5) is 0 Å². The third-order valence-corrected chi connectivity index (χ3v) is 6.48. The fourth-order valence-electron chi connectivity index (χ4n) is 5.10. The van der Waals surface area contributed by atoms with E-state index in [2.05, 4.69) is 60.7 Å². The highest BCUT2D eigenvalue weighted by molar-refractivity contribution is 5.79. The van der Waals surface area contributed by atoms with Crippen molar-refractivity contribution in [3.05, 3.63) is 87.5 Å². The van der Waals surface area contributed by atoms with E-state index >= 15 is 0 Å². The van der Waals surface area contributed by atoms with E-state index in [1.807, 2.05) is 0 Å². The van der Waals surface area contributed by atoms with Crippen LogP contribution in [0, 0.1) is 0 Å². The summed E-state index contributed by atoms with van der Waals surface area (Å²) in [7, 11) is 0. The van der Waals surface area contributed by atoms with Gasteiger partial charge < -0.3 is 0 Å². The molecule has 0 nitrogen and oxygen atoms in total. The van der Waals surface area contributed by atoms with Crippen LogP contribution in [0.15, 0.2) is 54.1 Å². The Morgan fingerprint density at radius 2 is 1.81 bits per heavy atom. The Hall–Kier alpha value is -2.34. The molecule has 0 amide bonds. The van der Waals surface area contributed by atoms with Crippen molar-refractivity contribution in [2.24, 2.45) is 0 Å². The summed E-state index contributed by atoms with van der Waals surface area (Å²) in [5.41, 5.74) is 12.3. The molecule has 27 heavy (non-hydrogen) atoms. The predicted molar refractivity (Wildman–Crippen MR) is 117 cm³/mol. The van der Waals surface area contributed by atoms with Gasteiger partial charge in [-0.05, 0) is 90.0 Å². The van der Waals surface area contributed by atoms with Gasteiger partial charge in [0.1, 0.15) is 0 Å². The fourth-order valence-corrected chi connectivity index (χ4v) is 5.10. The SMILES string of the molecule is C1=Cc2cc(/C=C/Cc3cccc4c3C3=C(CCCCCC3)C4)ccc2C1. The molecule has 5 rings (SSSR count). The van der Waals surface area contributed by atoms with Crippen LogP contribution in [0.3, 0.4) is 0 Å². The maximum atomic E-state index is 2.36. The molecule has 0 radical (unpaired) electrons. The molecule has 0 heteroatoms.